The summed E-state index contributed by atoms with van der Waals surface area (Å²) >= 11 is 0. The van der Waals surface area contributed by atoms with E-state index in [-0.39, 0.29) is 5.91 Å². The Morgan fingerprint density at radius 1 is 1.26 bits per heavy atom. The third-order valence-electron chi connectivity index (χ3n) is 3.00. The van der Waals surface area contributed by atoms with Crippen molar-refractivity contribution in [2.24, 2.45) is 0 Å². The van der Waals surface area contributed by atoms with Crippen molar-refractivity contribution in [3.63, 3.8) is 0 Å². The van der Waals surface area contributed by atoms with Gasteiger partial charge in [0.15, 0.2) is 5.82 Å². The minimum atomic E-state index is -0.0247. The maximum Gasteiger partial charge on any atom is 0.225 e. The summed E-state index contributed by atoms with van der Waals surface area (Å²) in [5.74, 6) is 0.844. The zero-order valence-corrected chi connectivity index (χ0v) is 10.9. The lowest BCUT2D eigenvalue weighted by atomic mass is 9.96. The van der Waals surface area contributed by atoms with Crippen LogP contribution in [0.15, 0.2) is 48.9 Å². The second-order valence-electron chi connectivity index (χ2n) is 4.49. The third kappa shape index (κ3) is 4.17. The van der Waals surface area contributed by atoms with Crippen LogP contribution in [-0.4, -0.2) is 15.9 Å². The van der Waals surface area contributed by atoms with Crippen LogP contribution in [0.2, 0.25) is 0 Å². The van der Waals surface area contributed by atoms with E-state index < -0.39 is 0 Å². The summed E-state index contributed by atoms with van der Waals surface area (Å²) in [4.78, 5) is 19.7. The van der Waals surface area contributed by atoms with E-state index in [0.717, 1.165) is 6.42 Å². The van der Waals surface area contributed by atoms with Crippen LogP contribution in [0.1, 0.15) is 31.2 Å². The molecule has 0 fully saturated rings. The number of hydrogen-bond acceptors (Lipinski definition) is 3. The number of hydrogen-bond donors (Lipinski definition) is 1. The van der Waals surface area contributed by atoms with Crippen molar-refractivity contribution >= 4 is 11.7 Å². The summed E-state index contributed by atoms with van der Waals surface area (Å²) in [5.41, 5.74) is 1.26. The number of nitrogens with zero attached hydrogens (tertiary/aromatic N) is 2. The van der Waals surface area contributed by atoms with Gasteiger partial charge >= 0.3 is 0 Å². The molecule has 1 N–H and O–H groups in total. The highest BCUT2D eigenvalue weighted by molar-refractivity contribution is 5.89. The average Bonchev–Trinajstić information content (AvgIpc) is 2.47. The SMILES string of the molecule is C[C@H](CCC(=O)Nc1cnccn1)c1ccccc1. The van der Waals surface area contributed by atoms with Crippen LogP contribution in [-0.2, 0) is 4.79 Å². The summed E-state index contributed by atoms with van der Waals surface area (Å²) in [7, 11) is 0. The Balaban J connectivity index is 1.81. The lowest BCUT2D eigenvalue weighted by Crippen LogP contribution is -2.13. The van der Waals surface area contributed by atoms with Crippen LogP contribution in [0.25, 0.3) is 0 Å². The number of aromatic nitrogens is 2. The van der Waals surface area contributed by atoms with E-state index in [2.05, 4.69) is 34.3 Å². The van der Waals surface area contributed by atoms with E-state index >= 15 is 0 Å². The van der Waals surface area contributed by atoms with E-state index in [1.54, 1.807) is 18.6 Å². The highest BCUT2D eigenvalue weighted by atomic mass is 16.1. The average molecular weight is 255 g/mol. The first-order valence-electron chi connectivity index (χ1n) is 6.36. The van der Waals surface area contributed by atoms with Crippen molar-refractivity contribution < 1.29 is 4.79 Å². The highest BCUT2D eigenvalue weighted by Crippen LogP contribution is 2.20. The molecule has 0 unspecified atom stereocenters. The van der Waals surface area contributed by atoms with Crippen LogP contribution < -0.4 is 5.32 Å². The smallest absolute Gasteiger partial charge is 0.225 e. The molecule has 1 amide bonds. The second kappa shape index (κ2) is 6.64. The van der Waals surface area contributed by atoms with Crippen LogP contribution in [0.3, 0.4) is 0 Å². The van der Waals surface area contributed by atoms with Gasteiger partial charge in [0.2, 0.25) is 5.91 Å². The van der Waals surface area contributed by atoms with Crippen molar-refractivity contribution in [2.45, 2.75) is 25.7 Å². The molecule has 4 nitrogen and oxygen atoms in total. The summed E-state index contributed by atoms with van der Waals surface area (Å²) in [6.45, 7) is 2.13. The molecule has 0 spiro atoms. The molecule has 98 valence electrons. The lowest BCUT2D eigenvalue weighted by molar-refractivity contribution is -0.116. The monoisotopic (exact) mass is 255 g/mol. The molecule has 0 radical (unpaired) electrons. The van der Waals surface area contributed by atoms with Gasteiger partial charge in [0, 0.05) is 18.8 Å². The molecule has 0 aliphatic heterocycles. The van der Waals surface area contributed by atoms with Gasteiger partial charge in [-0.2, -0.15) is 0 Å². The fraction of sp³-hybridized carbons (Fsp3) is 0.267. The van der Waals surface area contributed by atoms with Gasteiger partial charge in [0.05, 0.1) is 6.20 Å². The van der Waals surface area contributed by atoms with Gasteiger partial charge in [-0.15, -0.1) is 0 Å². The summed E-state index contributed by atoms with van der Waals surface area (Å²) in [6.07, 6.45) is 5.97. The zero-order valence-electron chi connectivity index (χ0n) is 10.9. The normalized spacial score (nSPS) is 11.8. The van der Waals surface area contributed by atoms with Crippen molar-refractivity contribution in [1.82, 2.24) is 9.97 Å². The van der Waals surface area contributed by atoms with Crippen LogP contribution >= 0.6 is 0 Å². The number of nitrogens with one attached hydrogen (secondary N) is 1. The molecular weight excluding hydrogens is 238 g/mol. The van der Waals surface area contributed by atoms with Crippen molar-refractivity contribution in [3.05, 3.63) is 54.5 Å². The van der Waals surface area contributed by atoms with E-state index in [1.807, 2.05) is 18.2 Å². The molecule has 1 aromatic carbocycles. The predicted molar refractivity (Wildman–Crippen MR) is 74.8 cm³/mol. The Morgan fingerprint density at radius 3 is 2.74 bits per heavy atom. The van der Waals surface area contributed by atoms with Gasteiger partial charge in [-0.05, 0) is 17.9 Å². The van der Waals surface area contributed by atoms with Gasteiger partial charge in [-0.25, -0.2) is 4.98 Å². The molecular formula is C15H17N3O. The molecule has 0 bridgehead atoms. The van der Waals surface area contributed by atoms with Gasteiger partial charge in [-0.3, -0.25) is 9.78 Å². The summed E-state index contributed by atoms with van der Waals surface area (Å²) < 4.78 is 0. The summed E-state index contributed by atoms with van der Waals surface area (Å²) in [5, 5.41) is 2.74. The minimum Gasteiger partial charge on any atom is -0.309 e. The number of carbonyl (C=O) groups excluding carboxylic acids is 1. The lowest BCUT2D eigenvalue weighted by Gasteiger charge is -2.11. The standard InChI is InChI=1S/C15H17N3O/c1-12(13-5-3-2-4-6-13)7-8-15(19)18-14-11-16-9-10-17-14/h2-6,9-12H,7-8H2,1H3,(H,17,18,19)/t12-/m1/s1. The Morgan fingerprint density at radius 2 is 2.05 bits per heavy atom. The molecule has 19 heavy (non-hydrogen) atoms. The third-order valence-corrected chi connectivity index (χ3v) is 3.00. The molecule has 2 rings (SSSR count). The van der Waals surface area contributed by atoms with E-state index in [1.165, 1.54) is 5.56 Å². The maximum absolute atomic E-state index is 11.8. The molecule has 0 saturated heterocycles. The Labute approximate surface area is 112 Å². The van der Waals surface area contributed by atoms with Crippen LogP contribution in [0.5, 0.6) is 0 Å². The van der Waals surface area contributed by atoms with Crippen LogP contribution in [0.4, 0.5) is 5.82 Å². The molecule has 0 aliphatic rings. The van der Waals surface area contributed by atoms with Crippen molar-refractivity contribution in [3.8, 4) is 0 Å². The first-order chi connectivity index (χ1) is 9.25. The molecule has 0 saturated carbocycles. The number of anilines is 1. The second-order valence-corrected chi connectivity index (χ2v) is 4.49. The van der Waals surface area contributed by atoms with Gasteiger partial charge < -0.3 is 5.32 Å². The van der Waals surface area contributed by atoms with Gasteiger partial charge in [0.1, 0.15) is 0 Å². The Bertz CT molecular complexity index is 513. The molecule has 1 aromatic heterocycles. The largest absolute Gasteiger partial charge is 0.309 e. The number of rotatable bonds is 5. The van der Waals surface area contributed by atoms with Crippen LogP contribution in [0, 0.1) is 0 Å². The Hall–Kier alpha value is -2.23. The first-order valence-corrected chi connectivity index (χ1v) is 6.36. The number of amides is 1. The van der Waals surface area contributed by atoms with Gasteiger partial charge in [0.25, 0.3) is 0 Å². The van der Waals surface area contributed by atoms with E-state index in [9.17, 15) is 4.79 Å². The number of benzene rings is 1. The molecule has 0 aliphatic carbocycles. The first kappa shape index (κ1) is 13.2. The van der Waals surface area contributed by atoms with Crippen molar-refractivity contribution in [2.75, 3.05) is 5.32 Å². The number of carbonyl (C=O) groups is 1. The molecule has 2 aromatic rings. The molecule has 4 heteroatoms. The molecule has 1 atom stereocenters. The molecule has 1 heterocycles. The highest BCUT2D eigenvalue weighted by Gasteiger charge is 2.09. The zero-order chi connectivity index (χ0) is 13.5. The minimum absolute atomic E-state index is 0.0247. The fourth-order valence-corrected chi connectivity index (χ4v) is 1.86. The summed E-state index contributed by atoms with van der Waals surface area (Å²) in [6, 6.07) is 10.2. The van der Waals surface area contributed by atoms with Crippen molar-refractivity contribution in [1.29, 1.82) is 0 Å². The Kier molecular flexibility index (Phi) is 4.61. The predicted octanol–water partition coefficient (Wildman–Crippen LogP) is 3.00. The fourth-order valence-electron chi connectivity index (χ4n) is 1.86. The van der Waals surface area contributed by atoms with E-state index in [4.69, 9.17) is 0 Å². The maximum atomic E-state index is 11.8. The topological polar surface area (TPSA) is 54.9 Å². The quantitative estimate of drug-likeness (QED) is 0.893. The van der Waals surface area contributed by atoms with E-state index in [0.29, 0.717) is 18.2 Å². The van der Waals surface area contributed by atoms with Gasteiger partial charge in [-0.1, -0.05) is 37.3 Å².